The molecule has 0 aliphatic carbocycles. The molecule has 4 rings (SSSR count). The van der Waals surface area contributed by atoms with Crippen LogP contribution in [0.5, 0.6) is 0 Å². The second kappa shape index (κ2) is 9.72. The number of aromatic nitrogens is 3. The number of thioether (sulfide) groups is 1. The Morgan fingerprint density at radius 3 is 2.64 bits per heavy atom. The van der Waals surface area contributed by atoms with E-state index in [4.69, 9.17) is 16.0 Å². The molecule has 1 N–H and O–H groups in total. The monoisotopic (exact) mass is 492 g/mol. The highest BCUT2D eigenvalue weighted by Gasteiger charge is 2.30. The summed E-state index contributed by atoms with van der Waals surface area (Å²) in [6.45, 7) is 0.304. The molecule has 0 aliphatic rings. The number of furan rings is 1. The number of amides is 1. The van der Waals surface area contributed by atoms with E-state index in [0.29, 0.717) is 33.9 Å². The maximum absolute atomic E-state index is 12.9. The first-order valence-corrected chi connectivity index (χ1v) is 11.0. The first kappa shape index (κ1) is 22.9. The molecule has 170 valence electrons. The van der Waals surface area contributed by atoms with Gasteiger partial charge in [-0.3, -0.25) is 9.36 Å². The van der Waals surface area contributed by atoms with Crippen LogP contribution in [0.15, 0.2) is 76.5 Å². The van der Waals surface area contributed by atoms with Crippen molar-refractivity contribution in [2.45, 2.75) is 17.9 Å². The van der Waals surface area contributed by atoms with Crippen LogP contribution in [-0.2, 0) is 17.5 Å². The number of anilines is 1. The highest BCUT2D eigenvalue weighted by molar-refractivity contribution is 7.99. The molecule has 0 unspecified atom stereocenters. The SMILES string of the molecule is O=C(CSc1nnc(-c2ccccc2Cl)n1Cc1ccco1)Nc1cccc(C(F)(F)F)c1. The minimum Gasteiger partial charge on any atom is -0.467 e. The van der Waals surface area contributed by atoms with Gasteiger partial charge in [-0.25, -0.2) is 0 Å². The van der Waals surface area contributed by atoms with Crippen molar-refractivity contribution < 1.29 is 22.4 Å². The first-order valence-electron chi connectivity index (χ1n) is 9.61. The minimum absolute atomic E-state index is 0.0595. The second-order valence-corrected chi connectivity index (χ2v) is 8.22. The number of halogens is 4. The van der Waals surface area contributed by atoms with E-state index < -0.39 is 17.6 Å². The third kappa shape index (κ3) is 5.58. The van der Waals surface area contributed by atoms with Gasteiger partial charge in [0, 0.05) is 11.3 Å². The summed E-state index contributed by atoms with van der Waals surface area (Å²) in [4.78, 5) is 12.4. The molecule has 0 bridgehead atoms. The maximum Gasteiger partial charge on any atom is 0.416 e. The molecule has 0 fully saturated rings. The topological polar surface area (TPSA) is 73.0 Å². The minimum atomic E-state index is -4.49. The van der Waals surface area contributed by atoms with E-state index >= 15 is 0 Å². The van der Waals surface area contributed by atoms with Gasteiger partial charge in [0.05, 0.1) is 29.1 Å². The van der Waals surface area contributed by atoms with E-state index in [2.05, 4.69) is 15.5 Å². The van der Waals surface area contributed by atoms with Crippen molar-refractivity contribution in [3.8, 4) is 11.4 Å². The Balaban J connectivity index is 1.52. The Bertz CT molecular complexity index is 1260. The van der Waals surface area contributed by atoms with E-state index in [1.807, 2.05) is 6.07 Å². The van der Waals surface area contributed by atoms with Gasteiger partial charge in [-0.2, -0.15) is 13.2 Å². The highest BCUT2D eigenvalue weighted by atomic mass is 35.5. The quantitative estimate of drug-likeness (QED) is 0.321. The number of carbonyl (C=O) groups is 1. The largest absolute Gasteiger partial charge is 0.467 e. The smallest absolute Gasteiger partial charge is 0.416 e. The van der Waals surface area contributed by atoms with Gasteiger partial charge in [-0.1, -0.05) is 41.6 Å². The summed E-state index contributed by atoms with van der Waals surface area (Å²) < 4.78 is 45.9. The molecule has 0 radical (unpaired) electrons. The van der Waals surface area contributed by atoms with Crippen molar-refractivity contribution in [3.63, 3.8) is 0 Å². The zero-order valence-electron chi connectivity index (χ0n) is 16.8. The Morgan fingerprint density at radius 2 is 1.91 bits per heavy atom. The Labute approximate surface area is 195 Å². The van der Waals surface area contributed by atoms with Gasteiger partial charge in [0.2, 0.25) is 5.91 Å². The molecule has 0 spiro atoms. The summed E-state index contributed by atoms with van der Waals surface area (Å²) in [5.74, 6) is 0.581. The van der Waals surface area contributed by atoms with Crippen molar-refractivity contribution in [1.29, 1.82) is 0 Å². The number of nitrogens with one attached hydrogen (secondary N) is 1. The summed E-state index contributed by atoms with van der Waals surface area (Å²) in [5, 5.41) is 11.8. The normalized spacial score (nSPS) is 11.5. The molecule has 0 saturated carbocycles. The van der Waals surface area contributed by atoms with Crippen LogP contribution in [0.3, 0.4) is 0 Å². The fraction of sp³-hybridized carbons (Fsp3) is 0.136. The molecule has 2 aromatic heterocycles. The van der Waals surface area contributed by atoms with E-state index in [1.165, 1.54) is 12.1 Å². The van der Waals surface area contributed by atoms with Gasteiger partial charge in [0.15, 0.2) is 11.0 Å². The van der Waals surface area contributed by atoms with Crippen molar-refractivity contribution in [2.75, 3.05) is 11.1 Å². The fourth-order valence-electron chi connectivity index (χ4n) is 3.04. The van der Waals surface area contributed by atoms with Crippen molar-refractivity contribution >= 4 is 35.0 Å². The van der Waals surface area contributed by atoms with Crippen LogP contribution in [0.4, 0.5) is 18.9 Å². The second-order valence-electron chi connectivity index (χ2n) is 6.87. The van der Waals surface area contributed by atoms with Gasteiger partial charge >= 0.3 is 6.18 Å². The number of benzene rings is 2. The van der Waals surface area contributed by atoms with Crippen molar-refractivity contribution in [2.24, 2.45) is 0 Å². The van der Waals surface area contributed by atoms with Crippen LogP contribution >= 0.6 is 23.4 Å². The van der Waals surface area contributed by atoms with Crippen LogP contribution in [0.1, 0.15) is 11.3 Å². The predicted octanol–water partition coefficient (Wildman–Crippen LogP) is 5.99. The molecule has 1 amide bonds. The van der Waals surface area contributed by atoms with Crippen LogP contribution in [0, 0.1) is 0 Å². The third-order valence-electron chi connectivity index (χ3n) is 4.53. The van der Waals surface area contributed by atoms with E-state index in [-0.39, 0.29) is 11.4 Å². The Morgan fingerprint density at radius 1 is 1.09 bits per heavy atom. The zero-order chi connectivity index (χ0) is 23.4. The molecule has 6 nitrogen and oxygen atoms in total. The number of rotatable bonds is 7. The number of hydrogen-bond donors (Lipinski definition) is 1. The summed E-state index contributed by atoms with van der Waals surface area (Å²) >= 11 is 7.43. The molecule has 33 heavy (non-hydrogen) atoms. The van der Waals surface area contributed by atoms with Gasteiger partial charge in [0.25, 0.3) is 0 Å². The first-order chi connectivity index (χ1) is 15.8. The average Bonchev–Trinajstić information content (AvgIpc) is 3.43. The lowest BCUT2D eigenvalue weighted by molar-refractivity contribution is -0.137. The highest BCUT2D eigenvalue weighted by Crippen LogP contribution is 2.32. The average molecular weight is 493 g/mol. The summed E-state index contributed by atoms with van der Waals surface area (Å²) in [7, 11) is 0. The summed E-state index contributed by atoms with van der Waals surface area (Å²) in [6, 6.07) is 15.2. The van der Waals surface area contributed by atoms with Gasteiger partial charge in [-0.15, -0.1) is 10.2 Å². The predicted molar refractivity (Wildman–Crippen MR) is 119 cm³/mol. The van der Waals surface area contributed by atoms with Crippen molar-refractivity contribution in [3.05, 3.63) is 83.3 Å². The Hall–Kier alpha value is -3.24. The van der Waals surface area contributed by atoms with Crippen LogP contribution in [-0.4, -0.2) is 26.4 Å². The molecular formula is C22H16ClF3N4O2S. The summed E-state index contributed by atoms with van der Waals surface area (Å²) in [6.07, 6.45) is -2.95. The molecule has 2 aromatic carbocycles. The molecule has 11 heteroatoms. The molecule has 2 heterocycles. The number of hydrogen-bond acceptors (Lipinski definition) is 5. The van der Waals surface area contributed by atoms with Crippen LogP contribution < -0.4 is 5.32 Å². The van der Waals surface area contributed by atoms with Crippen LogP contribution in [0.2, 0.25) is 5.02 Å². The van der Waals surface area contributed by atoms with Gasteiger partial charge in [-0.05, 0) is 42.5 Å². The lowest BCUT2D eigenvalue weighted by Crippen LogP contribution is -2.15. The molecule has 4 aromatic rings. The van der Waals surface area contributed by atoms with Gasteiger partial charge < -0.3 is 9.73 Å². The number of carbonyl (C=O) groups excluding carboxylic acids is 1. The van der Waals surface area contributed by atoms with E-state index in [9.17, 15) is 18.0 Å². The fourth-order valence-corrected chi connectivity index (χ4v) is 4.00. The number of nitrogens with zero attached hydrogens (tertiary/aromatic N) is 3. The number of alkyl halides is 3. The third-order valence-corrected chi connectivity index (χ3v) is 5.83. The molecule has 0 aliphatic heterocycles. The standard InChI is InChI=1S/C22H16ClF3N4O2S/c23-18-9-2-1-8-17(18)20-28-29-21(30(20)12-16-7-4-10-32-16)33-13-19(31)27-15-6-3-5-14(11-15)22(24,25)26/h1-11H,12-13H2,(H,27,31). The summed E-state index contributed by atoms with van der Waals surface area (Å²) in [5.41, 5.74) is -0.113. The van der Waals surface area contributed by atoms with Gasteiger partial charge in [0.1, 0.15) is 5.76 Å². The molecule has 0 saturated heterocycles. The van der Waals surface area contributed by atoms with E-state index in [1.54, 1.807) is 41.2 Å². The van der Waals surface area contributed by atoms with Crippen molar-refractivity contribution in [1.82, 2.24) is 14.8 Å². The molecular weight excluding hydrogens is 477 g/mol. The zero-order valence-corrected chi connectivity index (χ0v) is 18.4. The molecule has 0 atom stereocenters. The maximum atomic E-state index is 12.9. The lowest BCUT2D eigenvalue weighted by Gasteiger charge is -2.11. The Kier molecular flexibility index (Phi) is 6.75. The lowest BCUT2D eigenvalue weighted by atomic mass is 10.2. The van der Waals surface area contributed by atoms with Crippen LogP contribution in [0.25, 0.3) is 11.4 Å². The van der Waals surface area contributed by atoms with E-state index in [0.717, 1.165) is 23.9 Å².